The summed E-state index contributed by atoms with van der Waals surface area (Å²) in [5.41, 5.74) is 1.83. The Hall–Kier alpha value is -3.48. The number of aromatic nitrogens is 3. The van der Waals surface area contributed by atoms with Gasteiger partial charge < -0.3 is 9.73 Å². The Kier molecular flexibility index (Phi) is 5.03. The molecule has 1 amide bonds. The number of allylic oxidation sites excluding steroid dienone is 1. The second-order valence-corrected chi connectivity index (χ2v) is 6.37. The Morgan fingerprint density at radius 1 is 1.11 bits per heavy atom. The SMILES string of the molecule is C=C(C)C(=O)Nc1nc(NC(C)c2cc3ccccc3o2)nc(C(=C)C)n1. The molecular weight excluding hydrogens is 342 g/mol. The summed E-state index contributed by atoms with van der Waals surface area (Å²) in [4.78, 5) is 24.7. The van der Waals surface area contributed by atoms with E-state index in [9.17, 15) is 4.79 Å². The van der Waals surface area contributed by atoms with Crippen LogP contribution in [-0.4, -0.2) is 20.9 Å². The third kappa shape index (κ3) is 4.20. The number of fused-ring (bicyclic) bond motifs is 1. The molecule has 0 saturated carbocycles. The summed E-state index contributed by atoms with van der Waals surface area (Å²) in [6.45, 7) is 12.8. The number of benzene rings is 1. The van der Waals surface area contributed by atoms with E-state index < -0.39 is 0 Å². The van der Waals surface area contributed by atoms with E-state index in [1.165, 1.54) is 0 Å². The van der Waals surface area contributed by atoms with Crippen molar-refractivity contribution in [3.05, 3.63) is 60.6 Å². The average molecular weight is 363 g/mol. The molecule has 1 aromatic carbocycles. The number of amides is 1. The summed E-state index contributed by atoms with van der Waals surface area (Å²) in [5, 5.41) is 6.81. The van der Waals surface area contributed by atoms with Crippen LogP contribution in [0, 0.1) is 0 Å². The molecule has 0 saturated heterocycles. The van der Waals surface area contributed by atoms with Gasteiger partial charge >= 0.3 is 0 Å². The Labute approximate surface area is 157 Å². The molecule has 27 heavy (non-hydrogen) atoms. The highest BCUT2D eigenvalue weighted by Gasteiger charge is 2.15. The van der Waals surface area contributed by atoms with Crippen molar-refractivity contribution >= 4 is 34.3 Å². The molecule has 3 aromatic rings. The smallest absolute Gasteiger partial charge is 0.253 e. The molecule has 2 N–H and O–H groups in total. The minimum atomic E-state index is -0.356. The third-order valence-electron chi connectivity index (χ3n) is 3.85. The molecule has 0 aliphatic carbocycles. The van der Waals surface area contributed by atoms with E-state index >= 15 is 0 Å². The van der Waals surface area contributed by atoms with Crippen LogP contribution in [0.2, 0.25) is 0 Å². The van der Waals surface area contributed by atoms with E-state index in [4.69, 9.17) is 4.42 Å². The average Bonchev–Trinajstić information content (AvgIpc) is 3.05. The molecule has 0 bridgehead atoms. The Balaban J connectivity index is 1.87. The molecule has 3 rings (SSSR count). The van der Waals surface area contributed by atoms with Crippen LogP contribution in [0.1, 0.15) is 38.4 Å². The van der Waals surface area contributed by atoms with Crippen molar-refractivity contribution < 1.29 is 9.21 Å². The van der Waals surface area contributed by atoms with Crippen molar-refractivity contribution in [3.63, 3.8) is 0 Å². The Morgan fingerprint density at radius 2 is 1.81 bits per heavy atom. The molecule has 0 radical (unpaired) electrons. The number of nitrogens with one attached hydrogen (secondary N) is 2. The van der Waals surface area contributed by atoms with Gasteiger partial charge in [-0.15, -0.1) is 0 Å². The van der Waals surface area contributed by atoms with Crippen LogP contribution in [0.4, 0.5) is 11.9 Å². The standard InChI is InChI=1S/C20H21N5O2/c1-11(2)17-22-19(25-20(23-17)24-18(26)12(3)4)21-13(5)16-10-14-8-6-7-9-15(14)27-16/h6-10,13H,1,3H2,2,4-5H3,(H2,21,22,23,24,25,26). The van der Waals surface area contributed by atoms with Crippen molar-refractivity contribution in [1.29, 1.82) is 0 Å². The summed E-state index contributed by atoms with van der Waals surface area (Å²) in [5.74, 6) is 1.23. The fourth-order valence-electron chi connectivity index (χ4n) is 2.38. The molecule has 1 unspecified atom stereocenters. The van der Waals surface area contributed by atoms with Crippen LogP contribution in [0.25, 0.3) is 16.5 Å². The summed E-state index contributed by atoms with van der Waals surface area (Å²) in [6.07, 6.45) is 0. The van der Waals surface area contributed by atoms with Gasteiger partial charge in [-0.05, 0) is 38.5 Å². The lowest BCUT2D eigenvalue weighted by molar-refractivity contribution is -0.112. The zero-order valence-corrected chi connectivity index (χ0v) is 15.5. The Bertz CT molecular complexity index is 1000. The van der Waals surface area contributed by atoms with Gasteiger partial charge in [0.1, 0.15) is 11.3 Å². The van der Waals surface area contributed by atoms with Crippen LogP contribution in [0.15, 0.2) is 53.5 Å². The van der Waals surface area contributed by atoms with Gasteiger partial charge in [-0.25, -0.2) is 0 Å². The summed E-state index contributed by atoms with van der Waals surface area (Å²) in [6, 6.07) is 9.57. The lowest BCUT2D eigenvalue weighted by Gasteiger charge is -2.13. The van der Waals surface area contributed by atoms with E-state index in [-0.39, 0.29) is 17.9 Å². The predicted octanol–water partition coefficient (Wildman–Crippen LogP) is 4.34. The quantitative estimate of drug-likeness (QED) is 0.633. The fourth-order valence-corrected chi connectivity index (χ4v) is 2.38. The number of carbonyl (C=O) groups excluding carboxylic acids is 1. The number of furan rings is 1. The zero-order chi connectivity index (χ0) is 19.6. The first kappa shape index (κ1) is 18.3. The van der Waals surface area contributed by atoms with Crippen LogP contribution in [0.5, 0.6) is 0 Å². The third-order valence-corrected chi connectivity index (χ3v) is 3.85. The van der Waals surface area contributed by atoms with Gasteiger partial charge in [0.15, 0.2) is 5.82 Å². The van der Waals surface area contributed by atoms with Gasteiger partial charge in [0.25, 0.3) is 5.91 Å². The number of rotatable bonds is 6. The molecule has 2 aromatic heterocycles. The highest BCUT2D eigenvalue weighted by atomic mass is 16.3. The van der Waals surface area contributed by atoms with Gasteiger partial charge in [-0.1, -0.05) is 31.4 Å². The van der Waals surface area contributed by atoms with Gasteiger partial charge in [0, 0.05) is 11.0 Å². The van der Waals surface area contributed by atoms with E-state index in [1.54, 1.807) is 13.8 Å². The number of nitrogens with zero attached hydrogens (tertiary/aromatic N) is 3. The van der Waals surface area contributed by atoms with Crippen molar-refractivity contribution in [2.45, 2.75) is 26.8 Å². The first-order valence-corrected chi connectivity index (χ1v) is 8.47. The van der Waals surface area contributed by atoms with Crippen LogP contribution in [0.3, 0.4) is 0 Å². The highest BCUT2D eigenvalue weighted by molar-refractivity contribution is 6.01. The maximum Gasteiger partial charge on any atom is 0.253 e. The number of carbonyl (C=O) groups is 1. The van der Waals surface area contributed by atoms with Crippen LogP contribution in [-0.2, 0) is 4.79 Å². The van der Waals surface area contributed by atoms with Crippen molar-refractivity contribution in [1.82, 2.24) is 15.0 Å². The number of hydrogen-bond acceptors (Lipinski definition) is 6. The second-order valence-electron chi connectivity index (χ2n) is 6.37. The van der Waals surface area contributed by atoms with Crippen molar-refractivity contribution in [3.8, 4) is 0 Å². The lowest BCUT2D eigenvalue weighted by atomic mass is 10.2. The molecule has 0 aliphatic rings. The monoisotopic (exact) mass is 363 g/mol. The molecular formula is C20H21N5O2. The second kappa shape index (κ2) is 7.41. The molecule has 138 valence electrons. The summed E-state index contributed by atoms with van der Waals surface area (Å²) >= 11 is 0. The largest absolute Gasteiger partial charge is 0.459 e. The van der Waals surface area contributed by atoms with Gasteiger partial charge in [0.2, 0.25) is 11.9 Å². The van der Waals surface area contributed by atoms with E-state index in [0.717, 1.165) is 16.7 Å². The van der Waals surface area contributed by atoms with E-state index in [1.807, 2.05) is 37.3 Å². The molecule has 7 nitrogen and oxygen atoms in total. The van der Waals surface area contributed by atoms with Gasteiger partial charge in [-0.3, -0.25) is 10.1 Å². The predicted molar refractivity (Wildman–Crippen MR) is 106 cm³/mol. The maximum absolute atomic E-state index is 11.9. The van der Waals surface area contributed by atoms with Crippen molar-refractivity contribution in [2.75, 3.05) is 10.6 Å². The van der Waals surface area contributed by atoms with Crippen LogP contribution >= 0.6 is 0 Å². The molecule has 0 spiro atoms. The lowest BCUT2D eigenvalue weighted by Crippen LogP contribution is -2.17. The minimum absolute atomic E-state index is 0.135. The van der Waals surface area contributed by atoms with Gasteiger partial charge in [-0.2, -0.15) is 15.0 Å². The van der Waals surface area contributed by atoms with E-state index in [0.29, 0.717) is 22.9 Å². The summed E-state index contributed by atoms with van der Waals surface area (Å²) in [7, 11) is 0. The number of anilines is 2. The summed E-state index contributed by atoms with van der Waals surface area (Å²) < 4.78 is 5.87. The minimum Gasteiger partial charge on any atom is -0.459 e. The molecule has 2 heterocycles. The number of para-hydroxylation sites is 1. The van der Waals surface area contributed by atoms with E-state index in [2.05, 4.69) is 38.7 Å². The Morgan fingerprint density at radius 3 is 2.48 bits per heavy atom. The number of hydrogen-bond donors (Lipinski definition) is 2. The van der Waals surface area contributed by atoms with Crippen LogP contribution < -0.4 is 10.6 Å². The fraction of sp³-hybridized carbons (Fsp3) is 0.200. The molecule has 1 atom stereocenters. The first-order chi connectivity index (χ1) is 12.8. The topological polar surface area (TPSA) is 92.9 Å². The normalized spacial score (nSPS) is 11.8. The van der Waals surface area contributed by atoms with Gasteiger partial charge in [0.05, 0.1) is 6.04 Å². The molecule has 7 heteroatoms. The highest BCUT2D eigenvalue weighted by Crippen LogP contribution is 2.25. The molecule has 0 aliphatic heterocycles. The van der Waals surface area contributed by atoms with Crippen molar-refractivity contribution in [2.24, 2.45) is 0 Å². The maximum atomic E-state index is 11.9. The zero-order valence-electron chi connectivity index (χ0n) is 15.5. The molecule has 0 fully saturated rings. The first-order valence-electron chi connectivity index (χ1n) is 8.47.